The van der Waals surface area contributed by atoms with Gasteiger partial charge in [-0.05, 0) is 24.8 Å². The summed E-state index contributed by atoms with van der Waals surface area (Å²) in [7, 11) is 0. The fraction of sp³-hybridized carbons (Fsp3) is 0.579. The van der Waals surface area contributed by atoms with Crippen LogP contribution in [0.1, 0.15) is 30.9 Å². The highest BCUT2D eigenvalue weighted by molar-refractivity contribution is 5.83. The number of carboxylic acid groups (broad SMARTS) is 1. The predicted octanol–water partition coefficient (Wildman–Crippen LogP) is 2.94. The zero-order chi connectivity index (χ0) is 19.6. The second-order valence-corrected chi connectivity index (χ2v) is 7.25. The number of nitrogens with zero attached hydrogens (tertiary/aromatic N) is 2. The van der Waals surface area contributed by atoms with Crippen LogP contribution in [0.3, 0.4) is 0 Å². The Kier molecular flexibility index (Phi) is 5.74. The number of alkyl halides is 3. The van der Waals surface area contributed by atoms with Crippen molar-refractivity contribution in [3.8, 4) is 0 Å². The fourth-order valence-electron chi connectivity index (χ4n) is 4.06. The van der Waals surface area contributed by atoms with E-state index < -0.39 is 36.6 Å². The first-order valence-electron chi connectivity index (χ1n) is 9.16. The van der Waals surface area contributed by atoms with Crippen molar-refractivity contribution in [1.82, 2.24) is 9.80 Å². The Morgan fingerprint density at radius 3 is 2.19 bits per heavy atom. The maximum absolute atomic E-state index is 13.4. The standard InChI is InChI=1S/C19H23F3N2O3/c20-19(21,22)15-12-24(11-14(15)18(26)27)16(13-7-3-1-4-8-13)17(25)23-9-5-2-6-10-23/h1,3-4,7-8,14-16H,2,5-6,9-12H2,(H,26,27)/t14-,15-,16?/m1/s1. The number of amides is 1. The molecule has 0 saturated carbocycles. The first kappa shape index (κ1) is 19.7. The van der Waals surface area contributed by atoms with Gasteiger partial charge in [0, 0.05) is 26.2 Å². The summed E-state index contributed by atoms with van der Waals surface area (Å²) >= 11 is 0. The molecular weight excluding hydrogens is 361 g/mol. The van der Waals surface area contributed by atoms with Gasteiger partial charge in [-0.2, -0.15) is 13.2 Å². The maximum atomic E-state index is 13.4. The third-order valence-corrected chi connectivity index (χ3v) is 5.47. The molecule has 1 N–H and O–H groups in total. The average Bonchev–Trinajstić information content (AvgIpc) is 3.09. The van der Waals surface area contributed by atoms with Gasteiger partial charge in [0.1, 0.15) is 6.04 Å². The van der Waals surface area contributed by atoms with E-state index in [9.17, 15) is 27.9 Å². The highest BCUT2D eigenvalue weighted by Gasteiger charge is 2.54. The number of benzene rings is 1. The molecule has 8 heteroatoms. The molecular formula is C19H23F3N2O3. The van der Waals surface area contributed by atoms with Crippen LogP contribution in [0.5, 0.6) is 0 Å². The topological polar surface area (TPSA) is 60.9 Å². The summed E-state index contributed by atoms with van der Waals surface area (Å²) in [6.45, 7) is 0.389. The van der Waals surface area contributed by atoms with E-state index in [1.165, 1.54) is 4.90 Å². The molecule has 0 bridgehead atoms. The van der Waals surface area contributed by atoms with Crippen molar-refractivity contribution in [2.75, 3.05) is 26.2 Å². The molecule has 0 aliphatic carbocycles. The molecule has 0 spiro atoms. The van der Waals surface area contributed by atoms with Crippen LogP contribution in [0.25, 0.3) is 0 Å². The minimum Gasteiger partial charge on any atom is -0.481 e. The minimum absolute atomic E-state index is 0.243. The second kappa shape index (κ2) is 7.88. The third-order valence-electron chi connectivity index (χ3n) is 5.47. The number of halogens is 3. The first-order valence-corrected chi connectivity index (χ1v) is 9.16. The van der Waals surface area contributed by atoms with Crippen LogP contribution in [0.4, 0.5) is 13.2 Å². The SMILES string of the molecule is O=C(O)[C@@H]1CN(C(C(=O)N2CCCCC2)c2ccccc2)C[C@H]1C(F)(F)F. The number of carboxylic acids is 1. The van der Waals surface area contributed by atoms with Gasteiger partial charge >= 0.3 is 12.1 Å². The first-order chi connectivity index (χ1) is 12.8. The van der Waals surface area contributed by atoms with Crippen LogP contribution in [-0.2, 0) is 9.59 Å². The van der Waals surface area contributed by atoms with E-state index in [1.807, 2.05) is 0 Å². The molecule has 0 radical (unpaired) electrons. The van der Waals surface area contributed by atoms with Crippen LogP contribution < -0.4 is 0 Å². The van der Waals surface area contributed by atoms with Crippen LogP contribution >= 0.6 is 0 Å². The van der Waals surface area contributed by atoms with E-state index in [0.717, 1.165) is 19.3 Å². The molecule has 1 unspecified atom stereocenters. The zero-order valence-electron chi connectivity index (χ0n) is 14.9. The largest absolute Gasteiger partial charge is 0.481 e. The van der Waals surface area contributed by atoms with Gasteiger partial charge in [0.05, 0.1) is 11.8 Å². The third kappa shape index (κ3) is 4.26. The molecule has 27 heavy (non-hydrogen) atoms. The summed E-state index contributed by atoms with van der Waals surface area (Å²) in [6, 6.07) is 7.77. The zero-order valence-corrected chi connectivity index (χ0v) is 14.9. The monoisotopic (exact) mass is 384 g/mol. The Balaban J connectivity index is 1.91. The van der Waals surface area contributed by atoms with Crippen molar-refractivity contribution in [2.24, 2.45) is 11.8 Å². The summed E-state index contributed by atoms with van der Waals surface area (Å²) in [6.07, 6.45) is -1.85. The fourth-order valence-corrected chi connectivity index (χ4v) is 4.06. The predicted molar refractivity (Wildman–Crippen MR) is 91.9 cm³/mol. The molecule has 148 valence electrons. The van der Waals surface area contributed by atoms with Crippen molar-refractivity contribution >= 4 is 11.9 Å². The molecule has 3 atom stereocenters. The van der Waals surface area contributed by atoms with E-state index in [1.54, 1.807) is 35.2 Å². The number of piperidine rings is 1. The van der Waals surface area contributed by atoms with Crippen LogP contribution in [-0.4, -0.2) is 59.1 Å². The molecule has 5 nitrogen and oxygen atoms in total. The number of aliphatic carboxylic acids is 1. The van der Waals surface area contributed by atoms with Crippen molar-refractivity contribution in [2.45, 2.75) is 31.5 Å². The summed E-state index contributed by atoms with van der Waals surface area (Å²) < 4.78 is 40.1. The molecule has 1 aromatic carbocycles. The van der Waals surface area contributed by atoms with Gasteiger partial charge in [0.25, 0.3) is 0 Å². The molecule has 2 fully saturated rings. The molecule has 3 rings (SSSR count). The van der Waals surface area contributed by atoms with E-state index >= 15 is 0 Å². The Labute approximate surface area is 155 Å². The average molecular weight is 384 g/mol. The number of carbonyl (C=O) groups excluding carboxylic acids is 1. The molecule has 1 amide bonds. The summed E-state index contributed by atoms with van der Waals surface area (Å²) in [5, 5.41) is 9.28. The normalized spacial score (nSPS) is 25.4. The Bertz CT molecular complexity index is 675. The summed E-state index contributed by atoms with van der Waals surface area (Å²) in [4.78, 5) is 27.7. The number of rotatable bonds is 4. The number of hydrogen-bond acceptors (Lipinski definition) is 3. The number of likely N-dealkylation sites (tertiary alicyclic amines) is 2. The summed E-state index contributed by atoms with van der Waals surface area (Å²) in [5.74, 6) is -5.26. The number of hydrogen-bond donors (Lipinski definition) is 1. The van der Waals surface area contributed by atoms with E-state index in [0.29, 0.717) is 18.7 Å². The van der Waals surface area contributed by atoms with Crippen molar-refractivity contribution in [1.29, 1.82) is 0 Å². The minimum atomic E-state index is -4.62. The lowest BCUT2D eigenvalue weighted by Gasteiger charge is -2.34. The molecule has 2 aliphatic rings. The van der Waals surface area contributed by atoms with Gasteiger partial charge in [0.2, 0.25) is 5.91 Å². The van der Waals surface area contributed by atoms with Gasteiger partial charge in [-0.25, -0.2) is 0 Å². The lowest BCUT2D eigenvalue weighted by atomic mass is 9.96. The highest BCUT2D eigenvalue weighted by atomic mass is 19.4. The quantitative estimate of drug-likeness (QED) is 0.867. The van der Waals surface area contributed by atoms with Gasteiger partial charge < -0.3 is 10.0 Å². The van der Waals surface area contributed by atoms with E-state index in [4.69, 9.17) is 0 Å². The Morgan fingerprint density at radius 1 is 1.04 bits per heavy atom. The Morgan fingerprint density at radius 2 is 1.67 bits per heavy atom. The lowest BCUT2D eigenvalue weighted by Crippen LogP contribution is -2.45. The number of carbonyl (C=O) groups is 2. The van der Waals surface area contributed by atoms with E-state index in [-0.39, 0.29) is 12.5 Å². The van der Waals surface area contributed by atoms with Gasteiger partial charge in [-0.1, -0.05) is 30.3 Å². The Hall–Kier alpha value is -2.09. The van der Waals surface area contributed by atoms with Gasteiger partial charge in [-0.3, -0.25) is 14.5 Å². The van der Waals surface area contributed by atoms with Crippen molar-refractivity contribution in [3.63, 3.8) is 0 Å². The lowest BCUT2D eigenvalue weighted by molar-refractivity contribution is -0.188. The molecule has 0 aromatic heterocycles. The maximum Gasteiger partial charge on any atom is 0.393 e. The van der Waals surface area contributed by atoms with Crippen LogP contribution in [0.2, 0.25) is 0 Å². The van der Waals surface area contributed by atoms with Crippen molar-refractivity contribution < 1.29 is 27.9 Å². The summed E-state index contributed by atoms with van der Waals surface area (Å²) in [5.41, 5.74) is 0.597. The van der Waals surface area contributed by atoms with E-state index in [2.05, 4.69) is 0 Å². The molecule has 2 heterocycles. The highest BCUT2D eigenvalue weighted by Crippen LogP contribution is 2.41. The van der Waals surface area contributed by atoms with Crippen molar-refractivity contribution in [3.05, 3.63) is 35.9 Å². The molecule has 2 saturated heterocycles. The molecule has 2 aliphatic heterocycles. The van der Waals surface area contributed by atoms with Crippen LogP contribution in [0, 0.1) is 11.8 Å². The van der Waals surface area contributed by atoms with Crippen LogP contribution in [0.15, 0.2) is 30.3 Å². The smallest absolute Gasteiger partial charge is 0.393 e. The van der Waals surface area contributed by atoms with Gasteiger partial charge in [-0.15, -0.1) is 0 Å². The second-order valence-electron chi connectivity index (χ2n) is 7.25. The van der Waals surface area contributed by atoms with Gasteiger partial charge in [0.15, 0.2) is 0 Å². The molecule has 1 aromatic rings.